The molecule has 0 aliphatic heterocycles. The van der Waals surface area contributed by atoms with Gasteiger partial charge in [-0.1, -0.05) is 23.7 Å². The molecule has 4 heteroatoms. The fourth-order valence-corrected chi connectivity index (χ4v) is 2.77. The minimum atomic E-state index is 0.0884. The largest absolute Gasteiger partial charge is 0.390 e. The van der Waals surface area contributed by atoms with Crippen molar-refractivity contribution in [2.24, 2.45) is 0 Å². The third kappa shape index (κ3) is 3.76. The Labute approximate surface area is 125 Å². The fraction of sp³-hybridized carbons (Fsp3) is 0.438. The number of halogens is 1. The second-order valence-corrected chi connectivity index (χ2v) is 5.40. The molecule has 2 rings (SSSR count). The van der Waals surface area contributed by atoms with Crippen LogP contribution in [0.4, 0.5) is 0 Å². The van der Waals surface area contributed by atoms with E-state index in [4.69, 9.17) is 11.6 Å². The maximum absolute atomic E-state index is 12.1. The summed E-state index contributed by atoms with van der Waals surface area (Å²) in [6.45, 7) is 0.657. The van der Waals surface area contributed by atoms with Crippen molar-refractivity contribution in [2.45, 2.75) is 32.1 Å². The summed E-state index contributed by atoms with van der Waals surface area (Å²) in [4.78, 5) is 12.1. The van der Waals surface area contributed by atoms with E-state index in [1.807, 2.05) is 19.2 Å². The standard InChI is InChI=1S/C16H21ClN2O/c1-18-14-8-4-5-9-15(14)19-11-10-16(20)12-6-2-3-7-13(12)17/h2-3,6-7,18-19H,4-5,8-11H2,1H3. The van der Waals surface area contributed by atoms with Crippen LogP contribution in [-0.2, 0) is 0 Å². The number of ketones is 1. The molecule has 0 atom stereocenters. The number of nitrogens with one attached hydrogen (secondary N) is 2. The minimum Gasteiger partial charge on any atom is -0.390 e. The highest BCUT2D eigenvalue weighted by molar-refractivity contribution is 6.33. The van der Waals surface area contributed by atoms with Crippen LogP contribution in [0, 0.1) is 0 Å². The van der Waals surface area contributed by atoms with Gasteiger partial charge < -0.3 is 10.6 Å². The van der Waals surface area contributed by atoms with E-state index in [0.29, 0.717) is 23.6 Å². The van der Waals surface area contributed by atoms with E-state index in [-0.39, 0.29) is 5.78 Å². The number of hydrogen-bond acceptors (Lipinski definition) is 3. The quantitative estimate of drug-likeness (QED) is 0.789. The molecule has 3 nitrogen and oxygen atoms in total. The lowest BCUT2D eigenvalue weighted by molar-refractivity contribution is 0.0983. The van der Waals surface area contributed by atoms with Crippen LogP contribution in [0.3, 0.4) is 0 Å². The molecule has 0 spiro atoms. The Morgan fingerprint density at radius 1 is 1.20 bits per heavy atom. The topological polar surface area (TPSA) is 41.1 Å². The molecule has 0 fully saturated rings. The van der Waals surface area contributed by atoms with Crippen LogP contribution in [-0.4, -0.2) is 19.4 Å². The molecule has 0 saturated heterocycles. The maximum Gasteiger partial charge on any atom is 0.166 e. The second-order valence-electron chi connectivity index (χ2n) is 4.99. The van der Waals surface area contributed by atoms with Crippen molar-refractivity contribution in [1.29, 1.82) is 0 Å². The van der Waals surface area contributed by atoms with E-state index >= 15 is 0 Å². The highest BCUT2D eigenvalue weighted by Gasteiger charge is 2.13. The summed E-state index contributed by atoms with van der Waals surface area (Å²) in [6.07, 6.45) is 5.07. The van der Waals surface area contributed by atoms with E-state index in [1.54, 1.807) is 12.1 Å². The van der Waals surface area contributed by atoms with Crippen LogP contribution < -0.4 is 10.6 Å². The third-order valence-electron chi connectivity index (χ3n) is 3.63. The van der Waals surface area contributed by atoms with Gasteiger partial charge in [-0.3, -0.25) is 4.79 Å². The Bertz CT molecular complexity index is 511. The maximum atomic E-state index is 12.1. The number of allylic oxidation sites excluding steroid dienone is 2. The zero-order valence-electron chi connectivity index (χ0n) is 11.8. The van der Waals surface area contributed by atoms with Crippen LogP contribution in [0.15, 0.2) is 35.7 Å². The first-order valence-corrected chi connectivity index (χ1v) is 7.51. The molecule has 0 amide bonds. The smallest absolute Gasteiger partial charge is 0.166 e. The summed E-state index contributed by atoms with van der Waals surface area (Å²) < 4.78 is 0. The molecular formula is C16H21ClN2O. The highest BCUT2D eigenvalue weighted by atomic mass is 35.5. The molecule has 0 bridgehead atoms. The summed E-state index contributed by atoms with van der Waals surface area (Å²) in [5.74, 6) is 0.0884. The Balaban J connectivity index is 1.88. The van der Waals surface area contributed by atoms with Gasteiger partial charge in [0.05, 0.1) is 5.02 Å². The summed E-state index contributed by atoms with van der Waals surface area (Å²) in [5, 5.41) is 7.17. The molecular weight excluding hydrogens is 272 g/mol. The monoisotopic (exact) mass is 292 g/mol. The van der Waals surface area contributed by atoms with Crippen LogP contribution >= 0.6 is 11.6 Å². The molecule has 1 aromatic carbocycles. The van der Waals surface area contributed by atoms with Crippen molar-refractivity contribution >= 4 is 17.4 Å². The zero-order valence-corrected chi connectivity index (χ0v) is 12.6. The first-order valence-electron chi connectivity index (χ1n) is 7.13. The molecule has 0 unspecified atom stereocenters. The van der Waals surface area contributed by atoms with Crippen LogP contribution in [0.1, 0.15) is 42.5 Å². The van der Waals surface area contributed by atoms with E-state index in [9.17, 15) is 4.79 Å². The number of Topliss-reactive ketones (excluding diaryl/α,β-unsaturated/α-hetero) is 1. The molecule has 1 aliphatic carbocycles. The normalized spacial score (nSPS) is 15.1. The molecule has 0 radical (unpaired) electrons. The van der Waals surface area contributed by atoms with Crippen molar-refractivity contribution in [2.75, 3.05) is 13.6 Å². The Kier molecular flexibility index (Phi) is 5.48. The molecule has 1 aliphatic rings. The molecule has 108 valence electrons. The summed E-state index contributed by atoms with van der Waals surface area (Å²) in [7, 11) is 1.96. The first-order chi connectivity index (χ1) is 9.72. The number of benzene rings is 1. The van der Waals surface area contributed by atoms with Gasteiger partial charge >= 0.3 is 0 Å². The van der Waals surface area contributed by atoms with Crippen molar-refractivity contribution in [3.8, 4) is 0 Å². The van der Waals surface area contributed by atoms with E-state index in [1.165, 1.54) is 24.2 Å². The number of carbonyl (C=O) groups is 1. The number of hydrogen-bond donors (Lipinski definition) is 2. The van der Waals surface area contributed by atoms with Gasteiger partial charge in [0.15, 0.2) is 5.78 Å². The Morgan fingerprint density at radius 2 is 1.90 bits per heavy atom. The number of carbonyl (C=O) groups excluding carboxylic acids is 1. The number of rotatable bonds is 6. The lowest BCUT2D eigenvalue weighted by Crippen LogP contribution is -2.25. The predicted molar refractivity (Wildman–Crippen MR) is 83.0 cm³/mol. The Morgan fingerprint density at radius 3 is 2.60 bits per heavy atom. The molecule has 20 heavy (non-hydrogen) atoms. The summed E-state index contributed by atoms with van der Waals surface area (Å²) >= 11 is 6.03. The van der Waals surface area contributed by atoms with Crippen molar-refractivity contribution in [3.63, 3.8) is 0 Å². The molecule has 0 aromatic heterocycles. The van der Waals surface area contributed by atoms with Gasteiger partial charge in [-0.15, -0.1) is 0 Å². The van der Waals surface area contributed by atoms with Gasteiger partial charge in [0.25, 0.3) is 0 Å². The third-order valence-corrected chi connectivity index (χ3v) is 3.96. The van der Waals surface area contributed by atoms with Crippen molar-refractivity contribution in [1.82, 2.24) is 10.6 Å². The van der Waals surface area contributed by atoms with Gasteiger partial charge in [0.1, 0.15) is 0 Å². The van der Waals surface area contributed by atoms with E-state index in [0.717, 1.165) is 12.8 Å². The van der Waals surface area contributed by atoms with Gasteiger partial charge in [0.2, 0.25) is 0 Å². The van der Waals surface area contributed by atoms with Crippen molar-refractivity contribution in [3.05, 3.63) is 46.2 Å². The van der Waals surface area contributed by atoms with Gasteiger partial charge in [0, 0.05) is 37.0 Å². The highest BCUT2D eigenvalue weighted by Crippen LogP contribution is 2.21. The molecule has 0 heterocycles. The summed E-state index contributed by atoms with van der Waals surface area (Å²) in [6, 6.07) is 7.22. The van der Waals surface area contributed by atoms with E-state index < -0.39 is 0 Å². The lowest BCUT2D eigenvalue weighted by atomic mass is 10.0. The summed E-state index contributed by atoms with van der Waals surface area (Å²) in [5.41, 5.74) is 3.15. The Hall–Kier alpha value is -1.48. The fourth-order valence-electron chi connectivity index (χ4n) is 2.53. The van der Waals surface area contributed by atoms with Crippen molar-refractivity contribution < 1.29 is 4.79 Å². The minimum absolute atomic E-state index is 0.0884. The molecule has 0 saturated carbocycles. The molecule has 1 aromatic rings. The van der Waals surface area contributed by atoms with Crippen LogP contribution in [0.2, 0.25) is 5.02 Å². The second kappa shape index (κ2) is 7.34. The first kappa shape index (κ1) is 14.9. The van der Waals surface area contributed by atoms with Gasteiger partial charge in [-0.05, 0) is 37.8 Å². The molecule has 2 N–H and O–H groups in total. The SMILES string of the molecule is CNC1=C(NCCC(=O)c2ccccc2Cl)CCCC1. The average Bonchev–Trinajstić information content (AvgIpc) is 2.48. The van der Waals surface area contributed by atoms with Crippen LogP contribution in [0.5, 0.6) is 0 Å². The lowest BCUT2D eigenvalue weighted by Gasteiger charge is -2.21. The predicted octanol–water partition coefficient (Wildman–Crippen LogP) is 3.51. The van der Waals surface area contributed by atoms with Gasteiger partial charge in [-0.2, -0.15) is 0 Å². The van der Waals surface area contributed by atoms with Gasteiger partial charge in [-0.25, -0.2) is 0 Å². The average molecular weight is 293 g/mol. The zero-order chi connectivity index (χ0) is 14.4. The van der Waals surface area contributed by atoms with Crippen LogP contribution in [0.25, 0.3) is 0 Å². The van der Waals surface area contributed by atoms with E-state index in [2.05, 4.69) is 10.6 Å².